The number of halogens is 3. The van der Waals surface area contributed by atoms with Gasteiger partial charge in [0.25, 0.3) is 5.91 Å². The number of carbonyl (C=O) groups excluding carboxylic acids is 2. The summed E-state index contributed by atoms with van der Waals surface area (Å²) in [5, 5.41) is 2.55. The molecule has 2 aromatic carbocycles. The molecule has 1 atom stereocenters. The van der Waals surface area contributed by atoms with Crippen LogP contribution in [0.15, 0.2) is 66.1 Å². The Balaban J connectivity index is 2.19. The summed E-state index contributed by atoms with van der Waals surface area (Å²) in [6.45, 7) is 2.56. The molecule has 0 radical (unpaired) electrons. The van der Waals surface area contributed by atoms with Gasteiger partial charge in [0.05, 0.1) is 5.56 Å². The van der Waals surface area contributed by atoms with Crippen LogP contribution in [0.4, 0.5) is 13.2 Å². The maximum Gasteiger partial charge on any atom is 0.416 e. The third kappa shape index (κ3) is 4.97. The summed E-state index contributed by atoms with van der Waals surface area (Å²) >= 11 is 0. The van der Waals surface area contributed by atoms with Crippen LogP contribution in [0.5, 0.6) is 0 Å². The van der Waals surface area contributed by atoms with E-state index in [4.69, 9.17) is 0 Å². The quantitative estimate of drug-likeness (QED) is 0.607. The van der Waals surface area contributed by atoms with E-state index in [0.29, 0.717) is 19.4 Å². The first-order chi connectivity index (χ1) is 15.7. The second-order valence-corrected chi connectivity index (χ2v) is 7.87. The highest BCUT2D eigenvalue weighted by Crippen LogP contribution is 2.43. The number of benzene rings is 2. The third-order valence-electron chi connectivity index (χ3n) is 5.57. The Morgan fingerprint density at radius 2 is 1.76 bits per heavy atom. The van der Waals surface area contributed by atoms with Crippen molar-refractivity contribution in [1.82, 2.24) is 20.0 Å². The number of likely N-dealkylation sites (N-methyl/N-ethyl adjacent to an activating group) is 1. The van der Waals surface area contributed by atoms with Crippen molar-refractivity contribution in [3.63, 3.8) is 0 Å². The Bertz CT molecular complexity index is 1020. The second kappa shape index (κ2) is 9.97. The molecule has 0 aromatic heterocycles. The molecule has 0 saturated heterocycles. The molecule has 1 aliphatic rings. The van der Waals surface area contributed by atoms with Gasteiger partial charge in [0.15, 0.2) is 0 Å². The van der Waals surface area contributed by atoms with Crippen LogP contribution in [0, 0.1) is 0 Å². The van der Waals surface area contributed by atoms with Gasteiger partial charge >= 0.3 is 6.18 Å². The maximum atomic E-state index is 13.9. The number of alkyl halides is 3. The van der Waals surface area contributed by atoms with Crippen LogP contribution < -0.4 is 5.32 Å². The van der Waals surface area contributed by atoms with Crippen LogP contribution in [0.2, 0.25) is 0 Å². The minimum Gasteiger partial charge on any atom is -0.340 e. The highest BCUT2D eigenvalue weighted by Gasteiger charge is 2.45. The molecule has 0 saturated carbocycles. The average molecular weight is 461 g/mol. The molecule has 33 heavy (non-hydrogen) atoms. The summed E-state index contributed by atoms with van der Waals surface area (Å²) in [4.78, 5) is 29.5. The first-order valence-electron chi connectivity index (χ1n) is 10.6. The highest BCUT2D eigenvalue weighted by molar-refractivity contribution is 5.94. The van der Waals surface area contributed by atoms with Crippen molar-refractivity contribution in [2.75, 3.05) is 20.6 Å². The van der Waals surface area contributed by atoms with Gasteiger partial charge in [0.1, 0.15) is 17.7 Å². The highest BCUT2D eigenvalue weighted by atomic mass is 19.4. The topological polar surface area (TPSA) is 55.9 Å². The smallest absolute Gasteiger partial charge is 0.340 e. The fourth-order valence-electron chi connectivity index (χ4n) is 4.13. The van der Waals surface area contributed by atoms with Crippen LogP contribution in [0.25, 0.3) is 0 Å². The van der Waals surface area contributed by atoms with E-state index in [1.54, 1.807) is 19.0 Å². The monoisotopic (exact) mass is 460 g/mol. The van der Waals surface area contributed by atoms with E-state index in [1.807, 2.05) is 37.3 Å². The zero-order valence-corrected chi connectivity index (χ0v) is 18.8. The Kier molecular flexibility index (Phi) is 7.30. The Morgan fingerprint density at radius 3 is 2.36 bits per heavy atom. The minimum absolute atomic E-state index is 0.00502. The molecule has 0 aliphatic carbocycles. The molecule has 0 bridgehead atoms. The predicted molar refractivity (Wildman–Crippen MR) is 118 cm³/mol. The van der Waals surface area contributed by atoms with Crippen LogP contribution in [0.1, 0.15) is 36.2 Å². The predicted octanol–water partition coefficient (Wildman–Crippen LogP) is 3.94. The summed E-state index contributed by atoms with van der Waals surface area (Å²) < 4.78 is 41.7. The van der Waals surface area contributed by atoms with Crippen LogP contribution in [0.3, 0.4) is 0 Å². The van der Waals surface area contributed by atoms with E-state index in [-0.39, 0.29) is 29.5 Å². The van der Waals surface area contributed by atoms with E-state index in [2.05, 4.69) is 5.32 Å². The number of carbonyl (C=O) groups is 2. The van der Waals surface area contributed by atoms with Gasteiger partial charge in [-0.2, -0.15) is 13.2 Å². The molecule has 3 rings (SSSR count). The number of rotatable bonds is 8. The van der Waals surface area contributed by atoms with Gasteiger partial charge in [-0.1, -0.05) is 55.5 Å². The van der Waals surface area contributed by atoms with Gasteiger partial charge in [0, 0.05) is 32.7 Å². The molecule has 9 heteroatoms. The first kappa shape index (κ1) is 24.2. The molecule has 2 amide bonds. The first-order valence-corrected chi connectivity index (χ1v) is 10.6. The van der Waals surface area contributed by atoms with Crippen LogP contribution >= 0.6 is 0 Å². The lowest BCUT2D eigenvalue weighted by molar-refractivity contribution is -0.139. The van der Waals surface area contributed by atoms with Crippen LogP contribution in [-0.4, -0.2) is 47.7 Å². The third-order valence-corrected chi connectivity index (χ3v) is 5.57. The SMILES string of the molecule is CCCN(C)C(=O)C1=C(NC=O)N(C)C(c2ccccc2C(F)(F)F)N1Cc1ccccc1. The molecule has 1 N–H and O–H groups in total. The van der Waals surface area contributed by atoms with E-state index in [9.17, 15) is 22.8 Å². The minimum atomic E-state index is -4.58. The van der Waals surface area contributed by atoms with Gasteiger partial charge in [-0.05, 0) is 18.1 Å². The summed E-state index contributed by atoms with van der Waals surface area (Å²) in [5.41, 5.74) is 0.165. The molecule has 1 heterocycles. The van der Waals surface area contributed by atoms with Crippen molar-refractivity contribution in [2.45, 2.75) is 32.2 Å². The van der Waals surface area contributed by atoms with Gasteiger partial charge < -0.3 is 20.0 Å². The second-order valence-electron chi connectivity index (χ2n) is 7.87. The van der Waals surface area contributed by atoms with Crippen molar-refractivity contribution in [3.8, 4) is 0 Å². The number of hydrogen-bond acceptors (Lipinski definition) is 4. The average Bonchev–Trinajstić information content (AvgIpc) is 3.04. The Labute approximate surface area is 191 Å². The molecular formula is C24H27F3N4O2. The lowest BCUT2D eigenvalue weighted by Gasteiger charge is -2.34. The van der Waals surface area contributed by atoms with Crippen LogP contribution in [-0.2, 0) is 22.3 Å². The Morgan fingerprint density at radius 1 is 1.12 bits per heavy atom. The lowest BCUT2D eigenvalue weighted by atomic mass is 10.0. The number of nitrogens with zero attached hydrogens (tertiary/aromatic N) is 3. The standard InChI is InChI=1S/C24H27F3N4O2/c1-4-14-29(2)23(33)20-21(28-16-32)30(3)22(31(20)15-17-10-6-5-7-11-17)18-12-8-9-13-19(18)24(25,26)27/h5-13,16,22H,4,14-15H2,1-3H3,(H,28,32). The molecular weight excluding hydrogens is 433 g/mol. The largest absolute Gasteiger partial charge is 0.416 e. The zero-order valence-electron chi connectivity index (χ0n) is 18.8. The number of amides is 2. The lowest BCUT2D eigenvalue weighted by Crippen LogP contribution is -2.37. The van der Waals surface area contributed by atoms with Crippen molar-refractivity contribution in [1.29, 1.82) is 0 Å². The van der Waals surface area contributed by atoms with E-state index < -0.39 is 17.9 Å². The van der Waals surface area contributed by atoms with Gasteiger partial charge in [-0.25, -0.2) is 0 Å². The zero-order chi connectivity index (χ0) is 24.2. The van der Waals surface area contributed by atoms with E-state index >= 15 is 0 Å². The summed E-state index contributed by atoms with van der Waals surface area (Å²) in [5.74, 6) is -0.216. The fraction of sp³-hybridized carbons (Fsp3) is 0.333. The normalized spacial score (nSPS) is 16.2. The molecule has 0 spiro atoms. The maximum absolute atomic E-state index is 13.9. The summed E-state index contributed by atoms with van der Waals surface area (Å²) in [6, 6.07) is 14.5. The molecule has 176 valence electrons. The number of nitrogens with one attached hydrogen (secondary N) is 1. The molecule has 2 aromatic rings. The molecule has 1 unspecified atom stereocenters. The van der Waals surface area contributed by atoms with Crippen molar-refractivity contribution in [3.05, 3.63) is 82.8 Å². The van der Waals surface area contributed by atoms with Crippen molar-refractivity contribution in [2.24, 2.45) is 0 Å². The summed E-state index contributed by atoms with van der Waals surface area (Å²) in [7, 11) is 3.21. The number of hydrogen-bond donors (Lipinski definition) is 1. The van der Waals surface area contributed by atoms with Crippen molar-refractivity contribution < 1.29 is 22.8 Å². The van der Waals surface area contributed by atoms with Gasteiger partial charge in [0.2, 0.25) is 6.41 Å². The van der Waals surface area contributed by atoms with Gasteiger partial charge in [-0.15, -0.1) is 0 Å². The van der Waals surface area contributed by atoms with E-state index in [1.165, 1.54) is 28.0 Å². The molecule has 6 nitrogen and oxygen atoms in total. The van der Waals surface area contributed by atoms with Gasteiger partial charge in [-0.3, -0.25) is 9.59 Å². The molecule has 0 fully saturated rings. The van der Waals surface area contributed by atoms with Crippen molar-refractivity contribution >= 4 is 12.3 Å². The van der Waals surface area contributed by atoms with E-state index in [0.717, 1.165) is 11.6 Å². The fourth-order valence-corrected chi connectivity index (χ4v) is 4.13. The molecule has 1 aliphatic heterocycles. The Hall–Kier alpha value is -3.49. The summed E-state index contributed by atoms with van der Waals surface area (Å²) in [6.07, 6.45) is -4.40.